The fourth-order valence-corrected chi connectivity index (χ4v) is 5.05. The molecule has 0 aliphatic carbocycles. The molecule has 22 heavy (non-hydrogen) atoms. The highest BCUT2D eigenvalue weighted by Gasteiger charge is 2.32. The molecular formula is C17H10N2O2S. The SMILES string of the molecule is O=S1(=O)c2cnccc2-c2cccc3c4ccccc4n1c23. The van der Waals surface area contributed by atoms with Crippen molar-refractivity contribution in [3.63, 3.8) is 0 Å². The third-order valence-electron chi connectivity index (χ3n) is 4.25. The number of para-hydroxylation sites is 2. The van der Waals surface area contributed by atoms with Crippen molar-refractivity contribution in [1.29, 1.82) is 0 Å². The van der Waals surface area contributed by atoms with Crippen LogP contribution in [0.25, 0.3) is 32.9 Å². The molecule has 4 aromatic rings. The highest BCUT2D eigenvalue weighted by atomic mass is 32.2. The Morgan fingerprint density at radius 3 is 2.59 bits per heavy atom. The van der Waals surface area contributed by atoms with E-state index >= 15 is 0 Å². The first-order valence-corrected chi connectivity index (χ1v) is 8.36. The van der Waals surface area contributed by atoms with Crippen LogP contribution in [0.1, 0.15) is 0 Å². The molecular weight excluding hydrogens is 296 g/mol. The van der Waals surface area contributed by atoms with Crippen LogP contribution in [0.15, 0.2) is 65.8 Å². The summed E-state index contributed by atoms with van der Waals surface area (Å²) in [5.74, 6) is 0. The van der Waals surface area contributed by atoms with Gasteiger partial charge in [-0.05, 0) is 12.1 Å². The maximum atomic E-state index is 13.1. The van der Waals surface area contributed by atoms with Crippen molar-refractivity contribution >= 4 is 31.8 Å². The van der Waals surface area contributed by atoms with Gasteiger partial charge in [-0.3, -0.25) is 4.98 Å². The van der Waals surface area contributed by atoms with Gasteiger partial charge in [0.15, 0.2) is 0 Å². The Kier molecular flexibility index (Phi) is 2.04. The Balaban J connectivity index is 2.19. The molecule has 1 aliphatic heterocycles. The van der Waals surface area contributed by atoms with Crippen LogP contribution in [0, 0.1) is 0 Å². The molecule has 5 rings (SSSR count). The number of pyridine rings is 1. The highest BCUT2D eigenvalue weighted by Crippen LogP contribution is 2.43. The van der Waals surface area contributed by atoms with Crippen LogP contribution in [-0.2, 0) is 10.0 Å². The second-order valence-corrected chi connectivity index (χ2v) is 7.12. The third kappa shape index (κ3) is 1.23. The van der Waals surface area contributed by atoms with E-state index in [1.54, 1.807) is 12.3 Å². The van der Waals surface area contributed by atoms with Gasteiger partial charge in [0, 0.05) is 34.3 Å². The topological polar surface area (TPSA) is 52.0 Å². The van der Waals surface area contributed by atoms with Gasteiger partial charge >= 0.3 is 0 Å². The van der Waals surface area contributed by atoms with Gasteiger partial charge in [0.25, 0.3) is 10.0 Å². The first-order chi connectivity index (χ1) is 10.7. The van der Waals surface area contributed by atoms with E-state index in [2.05, 4.69) is 4.98 Å². The summed E-state index contributed by atoms with van der Waals surface area (Å²) < 4.78 is 27.6. The summed E-state index contributed by atoms with van der Waals surface area (Å²) in [5.41, 5.74) is 3.11. The lowest BCUT2D eigenvalue weighted by molar-refractivity contribution is 0.589. The van der Waals surface area contributed by atoms with Gasteiger partial charge in [-0.2, -0.15) is 0 Å². The number of nitrogens with zero attached hydrogens (tertiary/aromatic N) is 2. The lowest BCUT2D eigenvalue weighted by Crippen LogP contribution is -2.17. The predicted octanol–water partition coefficient (Wildman–Crippen LogP) is 3.41. The van der Waals surface area contributed by atoms with E-state index in [0.717, 1.165) is 27.4 Å². The summed E-state index contributed by atoms with van der Waals surface area (Å²) >= 11 is 0. The third-order valence-corrected chi connectivity index (χ3v) is 5.99. The van der Waals surface area contributed by atoms with Gasteiger partial charge in [0.1, 0.15) is 4.90 Å². The summed E-state index contributed by atoms with van der Waals surface area (Å²) in [6, 6.07) is 15.3. The summed E-state index contributed by atoms with van der Waals surface area (Å²) in [4.78, 5) is 4.26. The van der Waals surface area contributed by atoms with E-state index in [0.29, 0.717) is 5.52 Å². The molecule has 2 aromatic heterocycles. The number of fused-ring (bicyclic) bond motifs is 5. The van der Waals surface area contributed by atoms with Crippen LogP contribution >= 0.6 is 0 Å². The summed E-state index contributed by atoms with van der Waals surface area (Å²) in [7, 11) is -3.64. The number of rotatable bonds is 0. The largest absolute Gasteiger partial charge is 0.270 e. The van der Waals surface area contributed by atoms with Crippen molar-refractivity contribution in [3.8, 4) is 11.1 Å². The maximum Gasteiger partial charge on any atom is 0.270 e. The van der Waals surface area contributed by atoms with Crippen LogP contribution in [0.4, 0.5) is 0 Å². The van der Waals surface area contributed by atoms with Crippen molar-refractivity contribution in [1.82, 2.24) is 8.96 Å². The van der Waals surface area contributed by atoms with Crippen LogP contribution in [0.3, 0.4) is 0 Å². The molecule has 0 radical (unpaired) electrons. The minimum absolute atomic E-state index is 0.261. The second-order valence-electron chi connectivity index (χ2n) is 5.36. The van der Waals surface area contributed by atoms with Crippen LogP contribution in [0.2, 0.25) is 0 Å². The van der Waals surface area contributed by atoms with Crippen molar-refractivity contribution in [2.45, 2.75) is 4.90 Å². The minimum atomic E-state index is -3.64. The van der Waals surface area contributed by atoms with Crippen molar-refractivity contribution in [2.24, 2.45) is 0 Å². The molecule has 0 spiro atoms. The van der Waals surface area contributed by atoms with Gasteiger partial charge in [-0.1, -0.05) is 36.4 Å². The number of benzene rings is 2. The molecule has 0 fully saturated rings. The molecule has 0 amide bonds. The van der Waals surface area contributed by atoms with Crippen molar-refractivity contribution < 1.29 is 8.42 Å². The van der Waals surface area contributed by atoms with Crippen LogP contribution < -0.4 is 0 Å². The zero-order valence-corrected chi connectivity index (χ0v) is 12.2. The van der Waals surface area contributed by atoms with Crippen molar-refractivity contribution in [2.75, 3.05) is 0 Å². The highest BCUT2D eigenvalue weighted by molar-refractivity contribution is 7.90. The first-order valence-electron chi connectivity index (χ1n) is 6.92. The molecule has 0 saturated heterocycles. The number of hydrogen-bond donors (Lipinski definition) is 0. The molecule has 0 bridgehead atoms. The average Bonchev–Trinajstić information content (AvgIpc) is 2.89. The molecule has 0 unspecified atom stereocenters. The Morgan fingerprint density at radius 2 is 1.68 bits per heavy atom. The standard InChI is InChI=1S/C17H10N2O2S/c20-22(21)16-10-18-9-8-12(16)14-6-3-5-13-11-4-1-2-7-15(11)19(22)17(13)14/h1-10H. The molecule has 106 valence electrons. The average molecular weight is 306 g/mol. The smallest absolute Gasteiger partial charge is 0.263 e. The van der Waals surface area contributed by atoms with E-state index in [1.807, 2.05) is 42.5 Å². The molecule has 0 saturated carbocycles. The van der Waals surface area contributed by atoms with E-state index < -0.39 is 10.0 Å². The summed E-state index contributed by atoms with van der Waals surface area (Å²) in [6.07, 6.45) is 3.06. The second kappa shape index (κ2) is 3.75. The fourth-order valence-electron chi connectivity index (χ4n) is 3.35. The minimum Gasteiger partial charge on any atom is -0.263 e. The van der Waals surface area contributed by atoms with Gasteiger partial charge in [-0.15, -0.1) is 0 Å². The molecule has 0 atom stereocenters. The molecule has 4 nitrogen and oxygen atoms in total. The normalized spacial score (nSPS) is 15.1. The Labute approximate surface area is 126 Å². The van der Waals surface area contributed by atoms with E-state index in [4.69, 9.17) is 0 Å². The summed E-state index contributed by atoms with van der Waals surface area (Å²) in [6.45, 7) is 0. The predicted molar refractivity (Wildman–Crippen MR) is 85.3 cm³/mol. The molecule has 0 N–H and O–H groups in total. The van der Waals surface area contributed by atoms with Gasteiger partial charge < -0.3 is 0 Å². The van der Waals surface area contributed by atoms with E-state index in [9.17, 15) is 8.42 Å². The molecule has 3 heterocycles. The molecule has 1 aliphatic rings. The lowest BCUT2D eigenvalue weighted by atomic mass is 10.0. The zero-order chi connectivity index (χ0) is 14.9. The van der Waals surface area contributed by atoms with Crippen LogP contribution in [-0.4, -0.2) is 17.4 Å². The molecule has 2 aromatic carbocycles. The first kappa shape index (κ1) is 11.9. The molecule has 5 heteroatoms. The van der Waals surface area contributed by atoms with Gasteiger partial charge in [0.05, 0.1) is 11.0 Å². The van der Waals surface area contributed by atoms with E-state index in [-0.39, 0.29) is 4.90 Å². The lowest BCUT2D eigenvalue weighted by Gasteiger charge is -2.19. The number of hydrogen-bond acceptors (Lipinski definition) is 3. The Hall–Kier alpha value is -2.66. The van der Waals surface area contributed by atoms with Gasteiger partial charge in [0.2, 0.25) is 0 Å². The van der Waals surface area contributed by atoms with Crippen molar-refractivity contribution in [3.05, 3.63) is 60.9 Å². The summed E-state index contributed by atoms with van der Waals surface area (Å²) in [5, 5.41) is 1.91. The zero-order valence-electron chi connectivity index (χ0n) is 11.4. The fraction of sp³-hybridized carbons (Fsp3) is 0. The monoisotopic (exact) mass is 306 g/mol. The van der Waals surface area contributed by atoms with Crippen LogP contribution in [0.5, 0.6) is 0 Å². The van der Waals surface area contributed by atoms with E-state index in [1.165, 1.54) is 10.2 Å². The Bertz CT molecular complexity index is 1190. The van der Waals surface area contributed by atoms with Gasteiger partial charge in [-0.25, -0.2) is 12.4 Å². The maximum absolute atomic E-state index is 13.1. The number of aromatic nitrogens is 2. The Morgan fingerprint density at radius 1 is 0.864 bits per heavy atom. The quantitative estimate of drug-likeness (QED) is 0.440.